The minimum Gasteiger partial charge on any atom is -0.494 e. The molecule has 2 aliphatic carbocycles. The first-order valence-corrected chi connectivity index (χ1v) is 13.5. The van der Waals surface area contributed by atoms with Crippen molar-refractivity contribution in [2.45, 2.75) is 117 Å². The van der Waals surface area contributed by atoms with Crippen LogP contribution in [-0.2, 0) is 6.42 Å². The summed E-state index contributed by atoms with van der Waals surface area (Å²) < 4.78 is 5.56. The molecule has 30 heavy (non-hydrogen) atoms. The van der Waals surface area contributed by atoms with Crippen LogP contribution < -0.4 is 4.74 Å². The first kappa shape index (κ1) is 23.7. The van der Waals surface area contributed by atoms with E-state index in [4.69, 9.17) is 4.74 Å². The fourth-order valence-electron chi connectivity index (χ4n) is 6.06. The van der Waals surface area contributed by atoms with Gasteiger partial charge in [0.25, 0.3) is 0 Å². The number of rotatable bonds is 12. The lowest BCUT2D eigenvalue weighted by atomic mass is 9.74. The maximum Gasteiger partial charge on any atom is 0.119 e. The summed E-state index contributed by atoms with van der Waals surface area (Å²) in [7, 11) is 0. The van der Waals surface area contributed by atoms with Gasteiger partial charge in [-0.1, -0.05) is 109 Å². The van der Waals surface area contributed by atoms with Gasteiger partial charge in [-0.2, -0.15) is 0 Å². The maximum absolute atomic E-state index is 5.56. The van der Waals surface area contributed by atoms with E-state index in [1.807, 2.05) is 6.92 Å². The third-order valence-corrected chi connectivity index (χ3v) is 8.21. The molecule has 0 aliphatic heterocycles. The smallest absolute Gasteiger partial charge is 0.119 e. The van der Waals surface area contributed by atoms with Crippen molar-refractivity contribution in [1.82, 2.24) is 0 Å². The Morgan fingerprint density at radius 1 is 0.633 bits per heavy atom. The second-order valence-electron chi connectivity index (χ2n) is 10.5. The lowest BCUT2D eigenvalue weighted by Crippen LogP contribution is -2.18. The van der Waals surface area contributed by atoms with Crippen molar-refractivity contribution in [1.29, 1.82) is 0 Å². The summed E-state index contributed by atoms with van der Waals surface area (Å²) >= 11 is 0. The van der Waals surface area contributed by atoms with Gasteiger partial charge in [-0.25, -0.2) is 0 Å². The molecule has 0 heterocycles. The molecule has 0 atom stereocenters. The number of unbranched alkanes of at least 4 members (excludes halogenated alkanes) is 2. The molecule has 170 valence electrons. The number of ether oxygens (including phenoxy) is 1. The molecular weight excluding hydrogens is 364 g/mol. The molecule has 3 rings (SSSR count). The number of benzene rings is 1. The largest absolute Gasteiger partial charge is 0.494 e. The summed E-state index contributed by atoms with van der Waals surface area (Å²) in [6.45, 7) is 5.12. The second kappa shape index (κ2) is 13.4. The highest BCUT2D eigenvalue weighted by Gasteiger charge is 2.24. The Morgan fingerprint density at radius 3 is 1.63 bits per heavy atom. The van der Waals surface area contributed by atoms with E-state index >= 15 is 0 Å². The molecule has 0 saturated heterocycles. The fraction of sp³-hybridized carbons (Fsp3) is 0.793. The Labute approximate surface area is 187 Å². The zero-order valence-corrected chi connectivity index (χ0v) is 20.0. The lowest BCUT2D eigenvalue weighted by molar-refractivity contribution is 0.208. The number of hydrogen-bond acceptors (Lipinski definition) is 1. The van der Waals surface area contributed by atoms with E-state index in [1.54, 1.807) is 0 Å². The first-order valence-electron chi connectivity index (χ1n) is 13.5. The van der Waals surface area contributed by atoms with Crippen LogP contribution in [0.2, 0.25) is 0 Å². The van der Waals surface area contributed by atoms with Gasteiger partial charge in [0.1, 0.15) is 5.75 Å². The Hall–Kier alpha value is -0.980. The Balaban J connectivity index is 1.24. The molecule has 2 fully saturated rings. The second-order valence-corrected chi connectivity index (χ2v) is 10.5. The molecule has 0 unspecified atom stereocenters. The summed E-state index contributed by atoms with van der Waals surface area (Å²) in [6.07, 6.45) is 23.6. The van der Waals surface area contributed by atoms with Crippen LogP contribution in [0.25, 0.3) is 0 Å². The normalized spacial score (nSPS) is 27.1. The first-order chi connectivity index (χ1) is 14.8. The van der Waals surface area contributed by atoms with Gasteiger partial charge in [-0.15, -0.1) is 0 Å². The van der Waals surface area contributed by atoms with Gasteiger partial charge in [-0.3, -0.25) is 0 Å². The van der Waals surface area contributed by atoms with E-state index in [2.05, 4.69) is 31.2 Å². The zero-order valence-electron chi connectivity index (χ0n) is 20.0. The molecule has 0 bridgehead atoms. The molecule has 1 aromatic rings. The van der Waals surface area contributed by atoms with E-state index in [1.165, 1.54) is 108 Å². The van der Waals surface area contributed by atoms with E-state index in [-0.39, 0.29) is 0 Å². The van der Waals surface area contributed by atoms with Crippen molar-refractivity contribution in [3.63, 3.8) is 0 Å². The topological polar surface area (TPSA) is 9.23 Å². The SMILES string of the molecule is CCCCC[C@H]1CC[C@H](CC[C@H]2CC[C@H](CCc3ccc(OCC)cc3)CC2)CC1. The van der Waals surface area contributed by atoms with Gasteiger partial charge in [0.05, 0.1) is 6.61 Å². The Bertz CT molecular complexity index is 546. The van der Waals surface area contributed by atoms with Crippen LogP contribution in [0.3, 0.4) is 0 Å². The van der Waals surface area contributed by atoms with Gasteiger partial charge in [-0.05, 0) is 61.1 Å². The molecule has 0 spiro atoms. The van der Waals surface area contributed by atoms with Crippen LogP contribution in [0.15, 0.2) is 24.3 Å². The summed E-state index contributed by atoms with van der Waals surface area (Å²) in [4.78, 5) is 0. The van der Waals surface area contributed by atoms with Crippen LogP contribution >= 0.6 is 0 Å². The molecule has 1 heteroatoms. The summed E-state index contributed by atoms with van der Waals surface area (Å²) in [5.41, 5.74) is 1.48. The van der Waals surface area contributed by atoms with Gasteiger partial charge >= 0.3 is 0 Å². The molecule has 0 aromatic heterocycles. The lowest BCUT2D eigenvalue weighted by Gasteiger charge is -2.32. The Morgan fingerprint density at radius 2 is 1.13 bits per heavy atom. The zero-order chi connectivity index (χ0) is 21.0. The van der Waals surface area contributed by atoms with E-state index < -0.39 is 0 Å². The number of aryl methyl sites for hydroxylation is 1. The summed E-state index contributed by atoms with van der Waals surface area (Å²) in [5.74, 6) is 5.13. The standard InChI is InChI=1S/C29H48O/c1-3-5-6-7-24-8-10-25(11-9-24)12-13-26-14-16-27(17-15-26)18-19-28-20-22-29(23-21-28)30-4-2/h20-27H,3-19H2,1-2H3/t24-,25-,26-,27-. The van der Waals surface area contributed by atoms with E-state index in [0.717, 1.165) is 36.0 Å². The summed E-state index contributed by atoms with van der Waals surface area (Å²) in [5, 5.41) is 0. The molecule has 2 aliphatic rings. The minimum atomic E-state index is 0.753. The van der Waals surface area contributed by atoms with Gasteiger partial charge in [0, 0.05) is 0 Å². The van der Waals surface area contributed by atoms with Crippen molar-refractivity contribution >= 4 is 0 Å². The fourth-order valence-corrected chi connectivity index (χ4v) is 6.06. The Kier molecular flexibility index (Phi) is 10.6. The molecule has 0 N–H and O–H groups in total. The molecular formula is C29H48O. The van der Waals surface area contributed by atoms with Crippen LogP contribution in [0.4, 0.5) is 0 Å². The maximum atomic E-state index is 5.56. The monoisotopic (exact) mass is 412 g/mol. The predicted molar refractivity (Wildman–Crippen MR) is 130 cm³/mol. The van der Waals surface area contributed by atoms with Crippen molar-refractivity contribution in [3.8, 4) is 5.75 Å². The molecule has 1 nitrogen and oxygen atoms in total. The van der Waals surface area contributed by atoms with Gasteiger partial charge in [0.15, 0.2) is 0 Å². The average Bonchev–Trinajstić information content (AvgIpc) is 2.79. The van der Waals surface area contributed by atoms with Crippen molar-refractivity contribution < 1.29 is 4.74 Å². The molecule has 0 amide bonds. The molecule has 1 aromatic carbocycles. The van der Waals surface area contributed by atoms with Crippen LogP contribution in [0.5, 0.6) is 5.75 Å². The van der Waals surface area contributed by atoms with Gasteiger partial charge < -0.3 is 4.74 Å². The molecule has 2 saturated carbocycles. The highest BCUT2D eigenvalue weighted by atomic mass is 16.5. The predicted octanol–water partition coefficient (Wildman–Crippen LogP) is 8.99. The summed E-state index contributed by atoms with van der Waals surface area (Å²) in [6, 6.07) is 8.78. The van der Waals surface area contributed by atoms with E-state index in [0.29, 0.717) is 0 Å². The van der Waals surface area contributed by atoms with Gasteiger partial charge in [0.2, 0.25) is 0 Å². The van der Waals surface area contributed by atoms with Crippen molar-refractivity contribution in [3.05, 3.63) is 29.8 Å². The highest BCUT2D eigenvalue weighted by Crippen LogP contribution is 2.38. The van der Waals surface area contributed by atoms with Crippen LogP contribution in [-0.4, -0.2) is 6.61 Å². The third kappa shape index (κ3) is 8.27. The quantitative estimate of drug-likeness (QED) is 0.311. The van der Waals surface area contributed by atoms with Crippen molar-refractivity contribution in [2.75, 3.05) is 6.61 Å². The van der Waals surface area contributed by atoms with E-state index in [9.17, 15) is 0 Å². The molecule has 0 radical (unpaired) electrons. The van der Waals surface area contributed by atoms with Crippen LogP contribution in [0.1, 0.15) is 116 Å². The third-order valence-electron chi connectivity index (χ3n) is 8.21. The average molecular weight is 413 g/mol. The van der Waals surface area contributed by atoms with Crippen LogP contribution in [0, 0.1) is 23.7 Å². The minimum absolute atomic E-state index is 0.753. The van der Waals surface area contributed by atoms with Crippen molar-refractivity contribution in [2.24, 2.45) is 23.7 Å². The number of hydrogen-bond donors (Lipinski definition) is 0. The highest BCUT2D eigenvalue weighted by molar-refractivity contribution is 5.27.